The molecule has 0 spiro atoms. The van der Waals surface area contributed by atoms with Crippen LogP contribution in [0.5, 0.6) is 0 Å². The molecule has 224 valence electrons. The zero-order valence-corrected chi connectivity index (χ0v) is 23.4. The van der Waals surface area contributed by atoms with E-state index in [2.05, 4.69) is 17.0 Å². The Balaban J connectivity index is 0.000000587. The number of nitrogens with zero attached hydrogens (tertiary/aromatic N) is 1. The van der Waals surface area contributed by atoms with Crippen molar-refractivity contribution in [2.24, 2.45) is 11.8 Å². The lowest BCUT2D eigenvalue weighted by Gasteiger charge is -2.33. The molecule has 1 saturated carbocycles. The number of anilines is 1. The average Bonchev–Trinajstić information content (AvgIpc) is 2.94. The SMILES string of the molecule is CC1CCC(NC(=O)C2CCN(C(=O)c3ccc(NS(=O)(=O)c4ccccc4)cc3)CC2)CC1.O=C(O)C(F)(F)F. The highest BCUT2D eigenvalue weighted by atomic mass is 32.2. The Morgan fingerprint density at radius 2 is 1.41 bits per heavy atom. The molecule has 1 aliphatic heterocycles. The van der Waals surface area contributed by atoms with E-state index in [1.165, 1.54) is 25.0 Å². The third-order valence-electron chi connectivity index (χ3n) is 7.20. The number of likely N-dealkylation sites (tertiary alicyclic amines) is 1. The van der Waals surface area contributed by atoms with E-state index < -0.39 is 22.2 Å². The molecule has 0 aromatic heterocycles. The molecule has 13 heteroatoms. The predicted molar refractivity (Wildman–Crippen MR) is 146 cm³/mol. The number of carbonyl (C=O) groups is 3. The molecule has 4 rings (SSSR count). The number of hydrogen-bond acceptors (Lipinski definition) is 5. The molecule has 2 aliphatic rings. The van der Waals surface area contributed by atoms with Crippen molar-refractivity contribution < 1.29 is 41.1 Å². The zero-order valence-electron chi connectivity index (χ0n) is 22.6. The summed E-state index contributed by atoms with van der Waals surface area (Å²) in [6, 6.07) is 14.9. The number of hydrogen-bond donors (Lipinski definition) is 3. The second kappa shape index (κ2) is 13.8. The second-order valence-corrected chi connectivity index (χ2v) is 12.0. The fourth-order valence-electron chi connectivity index (χ4n) is 4.75. The second-order valence-electron chi connectivity index (χ2n) is 10.3. The van der Waals surface area contributed by atoms with Gasteiger partial charge in [-0.1, -0.05) is 25.1 Å². The van der Waals surface area contributed by atoms with Crippen molar-refractivity contribution >= 4 is 33.5 Å². The summed E-state index contributed by atoms with van der Waals surface area (Å²) >= 11 is 0. The number of rotatable bonds is 6. The van der Waals surface area contributed by atoms with Crippen molar-refractivity contribution in [1.29, 1.82) is 0 Å². The number of sulfonamides is 1. The molecule has 2 amide bonds. The van der Waals surface area contributed by atoms with Crippen LogP contribution in [-0.4, -0.2) is 61.5 Å². The first kappa shape index (κ1) is 31.9. The van der Waals surface area contributed by atoms with E-state index in [1.807, 2.05) is 0 Å². The minimum absolute atomic E-state index is 0.0434. The Kier molecular flexibility index (Phi) is 10.8. The number of halogens is 3. The molecular formula is C28H34F3N3O6S. The van der Waals surface area contributed by atoms with Gasteiger partial charge in [0.25, 0.3) is 15.9 Å². The summed E-state index contributed by atoms with van der Waals surface area (Å²) in [5.41, 5.74) is 0.898. The Labute approximate surface area is 237 Å². The highest BCUT2D eigenvalue weighted by Crippen LogP contribution is 2.25. The fourth-order valence-corrected chi connectivity index (χ4v) is 5.83. The lowest BCUT2D eigenvalue weighted by molar-refractivity contribution is -0.192. The Bertz CT molecular complexity index is 1290. The summed E-state index contributed by atoms with van der Waals surface area (Å²) in [5.74, 6) is -2.02. The molecule has 0 radical (unpaired) electrons. The lowest BCUT2D eigenvalue weighted by atomic mass is 9.86. The normalized spacial score (nSPS) is 19.9. The van der Waals surface area contributed by atoms with Crippen LogP contribution >= 0.6 is 0 Å². The third kappa shape index (κ3) is 9.48. The van der Waals surface area contributed by atoms with Gasteiger partial charge in [0, 0.05) is 36.3 Å². The van der Waals surface area contributed by atoms with Crippen LogP contribution < -0.4 is 10.0 Å². The molecule has 1 heterocycles. The standard InChI is InChI=1S/C26H33N3O4S.C2HF3O2/c1-19-7-11-22(12-8-19)27-25(30)20-15-17-29(18-16-20)26(31)21-9-13-23(14-10-21)28-34(32,33)24-5-3-2-4-6-24;3-2(4,5)1(6)7/h2-6,9-10,13-14,19-20,22,28H,7-8,11-12,15-18H2,1H3,(H,27,30);(H,6,7). The van der Waals surface area contributed by atoms with Crippen LogP contribution in [0.25, 0.3) is 0 Å². The van der Waals surface area contributed by atoms with Gasteiger partial charge < -0.3 is 15.3 Å². The number of benzene rings is 2. The van der Waals surface area contributed by atoms with Crippen molar-refractivity contribution in [3.63, 3.8) is 0 Å². The summed E-state index contributed by atoms with van der Waals surface area (Å²) in [5, 5.41) is 10.3. The highest BCUT2D eigenvalue weighted by molar-refractivity contribution is 7.92. The minimum atomic E-state index is -5.08. The number of carboxylic acid groups (broad SMARTS) is 1. The molecule has 0 unspecified atom stereocenters. The van der Waals surface area contributed by atoms with Gasteiger partial charge in [-0.3, -0.25) is 14.3 Å². The molecule has 2 fully saturated rings. The third-order valence-corrected chi connectivity index (χ3v) is 8.59. The van der Waals surface area contributed by atoms with Crippen LogP contribution in [0.4, 0.5) is 18.9 Å². The van der Waals surface area contributed by atoms with E-state index in [1.54, 1.807) is 47.4 Å². The van der Waals surface area contributed by atoms with Gasteiger partial charge in [0.15, 0.2) is 0 Å². The van der Waals surface area contributed by atoms with Gasteiger partial charge in [0.1, 0.15) is 0 Å². The summed E-state index contributed by atoms with van der Waals surface area (Å²) < 4.78 is 59.2. The molecule has 1 aliphatic carbocycles. The summed E-state index contributed by atoms with van der Waals surface area (Å²) in [6.07, 6.45) is 0.698. The minimum Gasteiger partial charge on any atom is -0.475 e. The number of amides is 2. The Hall–Kier alpha value is -3.61. The fraction of sp³-hybridized carbons (Fsp3) is 0.464. The summed E-state index contributed by atoms with van der Waals surface area (Å²) in [7, 11) is -3.68. The van der Waals surface area contributed by atoms with Crippen LogP contribution in [0.2, 0.25) is 0 Å². The first-order valence-electron chi connectivity index (χ1n) is 13.3. The van der Waals surface area contributed by atoms with Crippen molar-refractivity contribution in [3.8, 4) is 0 Å². The van der Waals surface area contributed by atoms with Crippen LogP contribution in [-0.2, 0) is 19.6 Å². The zero-order chi connectivity index (χ0) is 30.2. The highest BCUT2D eigenvalue weighted by Gasteiger charge is 2.38. The van der Waals surface area contributed by atoms with E-state index in [4.69, 9.17) is 9.90 Å². The molecule has 3 N–H and O–H groups in total. The van der Waals surface area contributed by atoms with E-state index in [9.17, 15) is 31.2 Å². The molecule has 2 aromatic carbocycles. The topological polar surface area (TPSA) is 133 Å². The van der Waals surface area contributed by atoms with Gasteiger partial charge in [0.2, 0.25) is 5.91 Å². The smallest absolute Gasteiger partial charge is 0.475 e. The predicted octanol–water partition coefficient (Wildman–Crippen LogP) is 4.67. The van der Waals surface area contributed by atoms with E-state index in [-0.39, 0.29) is 22.6 Å². The summed E-state index contributed by atoms with van der Waals surface area (Å²) in [6.45, 7) is 3.35. The first-order chi connectivity index (χ1) is 19.3. The molecule has 9 nitrogen and oxygen atoms in total. The molecule has 0 bridgehead atoms. The number of nitrogens with one attached hydrogen (secondary N) is 2. The first-order valence-corrected chi connectivity index (χ1v) is 14.8. The van der Waals surface area contributed by atoms with Crippen LogP contribution in [0.15, 0.2) is 59.5 Å². The van der Waals surface area contributed by atoms with Gasteiger partial charge >= 0.3 is 12.1 Å². The van der Waals surface area contributed by atoms with Gasteiger partial charge in [-0.2, -0.15) is 13.2 Å². The number of alkyl halides is 3. The van der Waals surface area contributed by atoms with E-state index in [0.29, 0.717) is 43.2 Å². The number of aliphatic carboxylic acids is 1. The molecule has 41 heavy (non-hydrogen) atoms. The summed E-state index contributed by atoms with van der Waals surface area (Å²) in [4.78, 5) is 36.5. The van der Waals surface area contributed by atoms with Gasteiger partial charge in [-0.15, -0.1) is 0 Å². The van der Waals surface area contributed by atoms with Gasteiger partial charge in [0.05, 0.1) is 4.90 Å². The van der Waals surface area contributed by atoms with Gasteiger partial charge in [-0.25, -0.2) is 13.2 Å². The Morgan fingerprint density at radius 3 is 1.93 bits per heavy atom. The Morgan fingerprint density at radius 1 is 0.878 bits per heavy atom. The average molecular weight is 598 g/mol. The maximum Gasteiger partial charge on any atom is 0.490 e. The largest absolute Gasteiger partial charge is 0.490 e. The number of carboxylic acids is 1. The van der Waals surface area contributed by atoms with Crippen molar-refractivity contribution in [3.05, 3.63) is 60.2 Å². The van der Waals surface area contributed by atoms with Crippen molar-refractivity contribution in [2.45, 2.75) is 62.6 Å². The van der Waals surface area contributed by atoms with Gasteiger partial charge in [-0.05, 0) is 80.8 Å². The lowest BCUT2D eigenvalue weighted by Crippen LogP contribution is -2.46. The maximum absolute atomic E-state index is 12.9. The molecule has 0 atom stereocenters. The molecule has 1 saturated heterocycles. The number of piperidine rings is 1. The maximum atomic E-state index is 12.9. The van der Waals surface area contributed by atoms with Crippen LogP contribution in [0.1, 0.15) is 55.8 Å². The quantitative estimate of drug-likeness (QED) is 0.444. The van der Waals surface area contributed by atoms with Crippen LogP contribution in [0.3, 0.4) is 0 Å². The van der Waals surface area contributed by atoms with E-state index >= 15 is 0 Å². The van der Waals surface area contributed by atoms with E-state index in [0.717, 1.165) is 18.8 Å². The molecule has 2 aromatic rings. The van der Waals surface area contributed by atoms with Crippen molar-refractivity contribution in [1.82, 2.24) is 10.2 Å². The number of carbonyl (C=O) groups excluding carboxylic acids is 2. The molecular weight excluding hydrogens is 563 g/mol. The monoisotopic (exact) mass is 597 g/mol. The van der Waals surface area contributed by atoms with Crippen LogP contribution in [0, 0.1) is 11.8 Å². The van der Waals surface area contributed by atoms with Crippen molar-refractivity contribution in [2.75, 3.05) is 17.8 Å².